The first-order valence-electron chi connectivity index (χ1n) is 6.33. The number of rotatable bonds is 4. The molecule has 2 heterocycles. The number of aromatic nitrogens is 2. The van der Waals surface area contributed by atoms with Gasteiger partial charge in [-0.25, -0.2) is 26.4 Å². The molecule has 0 fully saturated rings. The van der Waals surface area contributed by atoms with Crippen LogP contribution in [-0.2, 0) is 16.6 Å². The number of nitrogens with one attached hydrogen (secondary N) is 1. The molecule has 0 saturated heterocycles. The molecule has 3 rings (SSSR count). The van der Waals surface area contributed by atoms with E-state index >= 15 is 0 Å². The zero-order valence-electron chi connectivity index (χ0n) is 11.2. The van der Waals surface area contributed by atoms with Crippen molar-refractivity contribution in [2.24, 2.45) is 0 Å². The molecule has 0 amide bonds. The van der Waals surface area contributed by atoms with Gasteiger partial charge in [-0.3, -0.25) is 0 Å². The van der Waals surface area contributed by atoms with E-state index in [1.165, 1.54) is 6.20 Å². The fraction of sp³-hybridized carbons (Fsp3) is 0.0714. The smallest absolute Gasteiger partial charge is 0.241 e. The van der Waals surface area contributed by atoms with Crippen molar-refractivity contribution in [3.05, 3.63) is 66.0 Å². The van der Waals surface area contributed by atoms with Crippen molar-refractivity contribution < 1.29 is 17.2 Å². The summed E-state index contributed by atoms with van der Waals surface area (Å²) in [5.41, 5.74) is 1.35. The molecule has 0 aliphatic heterocycles. The Balaban J connectivity index is 1.88. The molecule has 0 atom stereocenters. The summed E-state index contributed by atoms with van der Waals surface area (Å²) in [5.74, 6) is -1.83. The molecule has 1 aromatic carbocycles. The molecule has 8 heteroatoms. The van der Waals surface area contributed by atoms with Crippen LogP contribution in [0.15, 0.2) is 53.7 Å². The Kier molecular flexibility index (Phi) is 3.63. The van der Waals surface area contributed by atoms with Gasteiger partial charge in [0.2, 0.25) is 10.0 Å². The number of nitrogens with zero attached hydrogens (tertiary/aromatic N) is 2. The Morgan fingerprint density at radius 1 is 1.18 bits per heavy atom. The zero-order valence-corrected chi connectivity index (χ0v) is 12.0. The second-order valence-corrected chi connectivity index (χ2v) is 6.33. The van der Waals surface area contributed by atoms with Crippen LogP contribution in [0.2, 0.25) is 0 Å². The Labute approximate surface area is 125 Å². The van der Waals surface area contributed by atoms with E-state index in [-0.39, 0.29) is 6.54 Å². The minimum absolute atomic E-state index is 0.0776. The van der Waals surface area contributed by atoms with E-state index < -0.39 is 26.6 Å². The minimum Gasteiger partial charge on any atom is -0.241 e. The third-order valence-electron chi connectivity index (χ3n) is 3.14. The van der Waals surface area contributed by atoms with Crippen molar-refractivity contribution in [1.82, 2.24) is 14.3 Å². The molecule has 0 spiro atoms. The highest BCUT2D eigenvalue weighted by atomic mass is 32.2. The quantitative estimate of drug-likeness (QED) is 0.800. The van der Waals surface area contributed by atoms with Crippen LogP contribution >= 0.6 is 0 Å². The lowest BCUT2D eigenvalue weighted by atomic mass is 10.3. The maximum atomic E-state index is 13.6. The van der Waals surface area contributed by atoms with E-state index in [0.717, 1.165) is 17.6 Å². The maximum absolute atomic E-state index is 13.6. The minimum atomic E-state index is -4.16. The van der Waals surface area contributed by atoms with Crippen LogP contribution in [0.4, 0.5) is 8.78 Å². The number of hydrogen-bond acceptors (Lipinski definition) is 3. The van der Waals surface area contributed by atoms with Crippen molar-refractivity contribution in [3.8, 4) is 0 Å². The number of sulfonamides is 1. The van der Waals surface area contributed by atoms with Crippen molar-refractivity contribution in [2.45, 2.75) is 11.4 Å². The molecule has 0 unspecified atom stereocenters. The summed E-state index contributed by atoms with van der Waals surface area (Å²) in [5, 5.41) is 4.07. The summed E-state index contributed by atoms with van der Waals surface area (Å²) in [6.07, 6.45) is 3.24. The fourth-order valence-corrected chi connectivity index (χ4v) is 3.15. The van der Waals surface area contributed by atoms with Crippen LogP contribution < -0.4 is 4.72 Å². The predicted octanol–water partition coefficient (Wildman–Crippen LogP) is 2.09. The standard InChI is InChI=1S/C14H11F2N3O2S/c15-11-4-5-12(16)14(7-11)22(20,21)18-9-10-8-17-19-6-2-1-3-13(10)19/h1-8,18H,9H2. The molecule has 5 nitrogen and oxygen atoms in total. The predicted molar refractivity (Wildman–Crippen MR) is 75.6 cm³/mol. The van der Waals surface area contributed by atoms with E-state index in [2.05, 4.69) is 9.82 Å². The summed E-state index contributed by atoms with van der Waals surface area (Å²) in [6, 6.07) is 7.64. The molecule has 0 saturated carbocycles. The molecule has 22 heavy (non-hydrogen) atoms. The van der Waals surface area contributed by atoms with E-state index in [9.17, 15) is 17.2 Å². The average Bonchev–Trinajstić information content (AvgIpc) is 2.91. The lowest BCUT2D eigenvalue weighted by Crippen LogP contribution is -2.24. The molecule has 0 aliphatic rings. The monoisotopic (exact) mass is 323 g/mol. The Hall–Kier alpha value is -2.32. The molecule has 2 aromatic heterocycles. The molecule has 114 valence electrons. The summed E-state index contributed by atoms with van der Waals surface area (Å²) in [7, 11) is -4.16. The average molecular weight is 323 g/mol. The number of fused-ring (bicyclic) bond motifs is 1. The Bertz CT molecular complexity index is 938. The second-order valence-electron chi connectivity index (χ2n) is 4.60. The normalized spacial score (nSPS) is 11.9. The highest BCUT2D eigenvalue weighted by Crippen LogP contribution is 2.17. The highest BCUT2D eigenvalue weighted by Gasteiger charge is 2.20. The van der Waals surface area contributed by atoms with Crippen molar-refractivity contribution in [2.75, 3.05) is 0 Å². The van der Waals surface area contributed by atoms with Crippen molar-refractivity contribution >= 4 is 15.5 Å². The zero-order chi connectivity index (χ0) is 15.7. The first-order chi connectivity index (χ1) is 10.5. The van der Waals surface area contributed by atoms with Gasteiger partial charge in [0.15, 0.2) is 0 Å². The number of pyridine rings is 1. The number of hydrogen-bond donors (Lipinski definition) is 1. The highest BCUT2D eigenvalue weighted by molar-refractivity contribution is 7.89. The van der Waals surface area contributed by atoms with Gasteiger partial charge in [-0.15, -0.1) is 0 Å². The van der Waals surface area contributed by atoms with E-state index in [1.54, 1.807) is 28.9 Å². The molecule has 0 radical (unpaired) electrons. The SMILES string of the molecule is O=S(=O)(NCc1cnn2ccccc12)c1cc(F)ccc1F. The third-order valence-corrected chi connectivity index (χ3v) is 4.56. The van der Waals surface area contributed by atoms with Crippen LogP contribution in [0, 0.1) is 11.6 Å². The van der Waals surface area contributed by atoms with Gasteiger partial charge in [0.05, 0.1) is 11.7 Å². The molecule has 0 aliphatic carbocycles. The van der Waals surface area contributed by atoms with E-state index in [4.69, 9.17) is 0 Å². The molecule has 0 bridgehead atoms. The van der Waals surface area contributed by atoms with Gasteiger partial charge in [0.25, 0.3) is 0 Å². The van der Waals surface area contributed by atoms with Gasteiger partial charge in [0.1, 0.15) is 16.5 Å². The Morgan fingerprint density at radius 2 is 2.00 bits per heavy atom. The van der Waals surface area contributed by atoms with Gasteiger partial charge in [0, 0.05) is 18.3 Å². The second kappa shape index (κ2) is 5.47. The van der Waals surface area contributed by atoms with Gasteiger partial charge in [-0.1, -0.05) is 6.07 Å². The van der Waals surface area contributed by atoms with Gasteiger partial charge < -0.3 is 0 Å². The lowest BCUT2D eigenvalue weighted by molar-refractivity contribution is 0.545. The molecule has 3 aromatic rings. The van der Waals surface area contributed by atoms with Crippen LogP contribution in [-0.4, -0.2) is 18.0 Å². The summed E-state index contributed by atoms with van der Waals surface area (Å²) >= 11 is 0. The summed E-state index contributed by atoms with van der Waals surface area (Å²) in [6.45, 7) is -0.0776. The van der Waals surface area contributed by atoms with E-state index in [1.807, 2.05) is 0 Å². The fourth-order valence-electron chi connectivity index (χ4n) is 2.06. The largest absolute Gasteiger partial charge is 0.243 e. The van der Waals surface area contributed by atoms with Crippen molar-refractivity contribution in [1.29, 1.82) is 0 Å². The van der Waals surface area contributed by atoms with Crippen molar-refractivity contribution in [3.63, 3.8) is 0 Å². The third kappa shape index (κ3) is 2.70. The summed E-state index contributed by atoms with van der Waals surface area (Å²) in [4.78, 5) is -0.719. The van der Waals surface area contributed by atoms with Crippen LogP contribution in [0.5, 0.6) is 0 Å². The number of halogens is 2. The van der Waals surface area contributed by atoms with Crippen LogP contribution in [0.25, 0.3) is 5.52 Å². The summed E-state index contributed by atoms with van der Waals surface area (Å²) < 4.78 is 54.7. The van der Waals surface area contributed by atoms with Gasteiger partial charge >= 0.3 is 0 Å². The van der Waals surface area contributed by atoms with E-state index in [0.29, 0.717) is 11.6 Å². The topological polar surface area (TPSA) is 63.5 Å². The van der Waals surface area contributed by atoms with Gasteiger partial charge in [-0.2, -0.15) is 5.10 Å². The lowest BCUT2D eigenvalue weighted by Gasteiger charge is -2.07. The van der Waals surface area contributed by atoms with Crippen LogP contribution in [0.1, 0.15) is 5.56 Å². The first kappa shape index (κ1) is 14.6. The number of benzene rings is 1. The molecule has 1 N–H and O–H groups in total. The molecular formula is C14H11F2N3O2S. The Morgan fingerprint density at radius 3 is 2.82 bits per heavy atom. The van der Waals surface area contributed by atoms with Crippen LogP contribution in [0.3, 0.4) is 0 Å². The van der Waals surface area contributed by atoms with Gasteiger partial charge in [-0.05, 0) is 30.3 Å². The maximum Gasteiger partial charge on any atom is 0.243 e. The first-order valence-corrected chi connectivity index (χ1v) is 7.82. The molecular weight excluding hydrogens is 312 g/mol.